The molecule has 1 fully saturated rings. The molecule has 0 radical (unpaired) electrons. The Bertz CT molecular complexity index is 682. The number of likely N-dealkylation sites (tertiary alicyclic amines) is 1. The van der Waals surface area contributed by atoms with Crippen molar-refractivity contribution < 1.29 is 4.79 Å². The van der Waals surface area contributed by atoms with E-state index in [1.165, 1.54) is 12.8 Å². The second-order valence-corrected chi connectivity index (χ2v) is 7.26. The van der Waals surface area contributed by atoms with E-state index in [9.17, 15) is 4.79 Å². The number of nitrogens with one attached hydrogen (secondary N) is 1. The smallest absolute Gasteiger partial charge is 0.268 e. The molecule has 1 aliphatic rings. The van der Waals surface area contributed by atoms with E-state index < -0.39 is 0 Å². The molecule has 0 saturated carbocycles. The second kappa shape index (κ2) is 8.30. The molecular weight excluding hydrogens is 312 g/mol. The lowest BCUT2D eigenvalue weighted by Gasteiger charge is -2.32. The van der Waals surface area contributed by atoms with Gasteiger partial charge in [0.1, 0.15) is 5.69 Å². The number of hydrogen-bond acceptors (Lipinski definition) is 3. The second-order valence-electron chi connectivity index (χ2n) is 7.26. The largest absolute Gasteiger partial charge is 0.347 e. The highest BCUT2D eigenvalue weighted by Crippen LogP contribution is 2.15. The van der Waals surface area contributed by atoms with E-state index in [2.05, 4.69) is 29.0 Å². The predicted molar refractivity (Wildman–Crippen MR) is 99.5 cm³/mol. The van der Waals surface area contributed by atoms with E-state index in [0.29, 0.717) is 12.2 Å². The van der Waals surface area contributed by atoms with Gasteiger partial charge in [0.2, 0.25) is 0 Å². The Morgan fingerprint density at radius 3 is 2.92 bits per heavy atom. The van der Waals surface area contributed by atoms with Crippen LogP contribution in [0.2, 0.25) is 0 Å². The van der Waals surface area contributed by atoms with Crippen LogP contribution in [0.25, 0.3) is 0 Å². The van der Waals surface area contributed by atoms with Crippen molar-refractivity contribution in [2.75, 3.05) is 19.6 Å². The summed E-state index contributed by atoms with van der Waals surface area (Å²) in [4.78, 5) is 19.2. The lowest BCUT2D eigenvalue weighted by atomic mass is 10.00. The van der Waals surface area contributed by atoms with Crippen molar-refractivity contribution in [2.24, 2.45) is 5.92 Å². The highest BCUT2D eigenvalue weighted by Gasteiger charge is 2.20. The predicted octanol–water partition coefficient (Wildman–Crippen LogP) is 2.78. The van der Waals surface area contributed by atoms with Crippen molar-refractivity contribution in [3.63, 3.8) is 0 Å². The number of carbonyl (C=O) groups excluding carboxylic acids is 1. The molecule has 2 aromatic heterocycles. The summed E-state index contributed by atoms with van der Waals surface area (Å²) in [6, 6.07) is 7.89. The summed E-state index contributed by atoms with van der Waals surface area (Å²) in [6.07, 6.45) is 8.09. The van der Waals surface area contributed by atoms with Gasteiger partial charge in [0, 0.05) is 44.3 Å². The molecule has 0 spiro atoms. The molecule has 3 rings (SSSR count). The van der Waals surface area contributed by atoms with E-state index in [0.717, 1.165) is 31.1 Å². The molecule has 1 saturated heterocycles. The monoisotopic (exact) mass is 340 g/mol. The zero-order valence-corrected chi connectivity index (χ0v) is 15.2. The van der Waals surface area contributed by atoms with Crippen molar-refractivity contribution in [3.8, 4) is 0 Å². The molecule has 5 nitrogen and oxygen atoms in total. The van der Waals surface area contributed by atoms with Crippen LogP contribution in [0.1, 0.15) is 42.7 Å². The van der Waals surface area contributed by atoms with Gasteiger partial charge in [-0.3, -0.25) is 9.78 Å². The highest BCUT2D eigenvalue weighted by atomic mass is 16.2. The third-order valence-corrected chi connectivity index (χ3v) is 4.82. The van der Waals surface area contributed by atoms with E-state index >= 15 is 0 Å². The summed E-state index contributed by atoms with van der Waals surface area (Å²) in [5.41, 5.74) is 1.84. The first kappa shape index (κ1) is 17.7. The lowest BCUT2D eigenvalue weighted by Crippen LogP contribution is -2.45. The van der Waals surface area contributed by atoms with Gasteiger partial charge in [-0.1, -0.05) is 6.92 Å². The summed E-state index contributed by atoms with van der Waals surface area (Å²) >= 11 is 0. The molecule has 1 aliphatic heterocycles. The number of pyridine rings is 1. The zero-order chi connectivity index (χ0) is 17.6. The minimum Gasteiger partial charge on any atom is -0.347 e. The Morgan fingerprint density at radius 1 is 1.36 bits per heavy atom. The van der Waals surface area contributed by atoms with E-state index in [-0.39, 0.29) is 11.9 Å². The van der Waals surface area contributed by atoms with Crippen LogP contribution < -0.4 is 5.32 Å². The fourth-order valence-corrected chi connectivity index (χ4v) is 3.63. The normalized spacial score (nSPS) is 19.5. The van der Waals surface area contributed by atoms with Gasteiger partial charge in [-0.05, 0) is 62.1 Å². The van der Waals surface area contributed by atoms with Gasteiger partial charge in [0.05, 0.1) is 0 Å². The third-order valence-electron chi connectivity index (χ3n) is 4.82. The first-order valence-corrected chi connectivity index (χ1v) is 9.19. The molecule has 0 unspecified atom stereocenters. The van der Waals surface area contributed by atoms with Crippen LogP contribution >= 0.6 is 0 Å². The average molecular weight is 340 g/mol. The minimum absolute atomic E-state index is 0.00314. The maximum Gasteiger partial charge on any atom is 0.268 e. The summed E-state index contributed by atoms with van der Waals surface area (Å²) in [7, 11) is 0. The maximum absolute atomic E-state index is 12.7. The van der Waals surface area contributed by atoms with Crippen molar-refractivity contribution in [3.05, 3.63) is 54.1 Å². The molecule has 1 amide bonds. The molecule has 0 aromatic carbocycles. The fraction of sp³-hybridized carbons (Fsp3) is 0.500. The molecule has 1 N–H and O–H groups in total. The number of nitrogens with zero attached hydrogens (tertiary/aromatic N) is 3. The van der Waals surface area contributed by atoms with Gasteiger partial charge in [-0.15, -0.1) is 0 Å². The van der Waals surface area contributed by atoms with E-state index in [1.807, 2.05) is 35.0 Å². The van der Waals surface area contributed by atoms with Crippen molar-refractivity contribution >= 4 is 5.91 Å². The van der Waals surface area contributed by atoms with Crippen molar-refractivity contribution in [2.45, 2.75) is 39.3 Å². The molecule has 5 heteroatoms. The Hall–Kier alpha value is -2.14. The quantitative estimate of drug-likeness (QED) is 0.880. The highest BCUT2D eigenvalue weighted by molar-refractivity contribution is 5.93. The molecular formula is C20H28N4O. The summed E-state index contributed by atoms with van der Waals surface area (Å²) in [5, 5.41) is 3.16. The van der Waals surface area contributed by atoms with Crippen molar-refractivity contribution in [1.82, 2.24) is 19.8 Å². The first-order chi connectivity index (χ1) is 12.1. The van der Waals surface area contributed by atoms with Gasteiger partial charge in [-0.25, -0.2) is 0 Å². The van der Waals surface area contributed by atoms with Crippen LogP contribution in [0.3, 0.4) is 0 Å². The summed E-state index contributed by atoms with van der Waals surface area (Å²) in [5.74, 6) is 0.755. The first-order valence-electron chi connectivity index (χ1n) is 9.19. The Kier molecular flexibility index (Phi) is 5.87. The van der Waals surface area contributed by atoms with Gasteiger partial charge < -0.3 is 14.8 Å². The molecule has 2 atom stereocenters. The minimum atomic E-state index is -0.00314. The number of carbonyl (C=O) groups is 1. The molecule has 0 bridgehead atoms. The molecule has 2 aromatic rings. The van der Waals surface area contributed by atoms with Crippen LogP contribution in [-0.2, 0) is 6.54 Å². The summed E-state index contributed by atoms with van der Waals surface area (Å²) in [6.45, 7) is 8.27. The van der Waals surface area contributed by atoms with Gasteiger partial charge in [0.15, 0.2) is 0 Å². The molecule has 0 aliphatic carbocycles. The molecule has 3 heterocycles. The van der Waals surface area contributed by atoms with Crippen LogP contribution in [0.5, 0.6) is 0 Å². The van der Waals surface area contributed by atoms with Gasteiger partial charge in [-0.2, -0.15) is 0 Å². The van der Waals surface area contributed by atoms with Gasteiger partial charge >= 0.3 is 0 Å². The van der Waals surface area contributed by atoms with Gasteiger partial charge in [0.25, 0.3) is 5.91 Å². The van der Waals surface area contributed by atoms with Crippen LogP contribution in [0.4, 0.5) is 0 Å². The van der Waals surface area contributed by atoms with Crippen molar-refractivity contribution in [1.29, 1.82) is 0 Å². The fourth-order valence-electron chi connectivity index (χ4n) is 3.63. The Labute approximate surface area is 150 Å². The number of aromatic nitrogens is 2. The Morgan fingerprint density at radius 2 is 2.16 bits per heavy atom. The van der Waals surface area contributed by atoms with E-state index in [1.54, 1.807) is 12.4 Å². The number of rotatable bonds is 6. The molecule has 134 valence electrons. The van der Waals surface area contributed by atoms with E-state index in [4.69, 9.17) is 0 Å². The topological polar surface area (TPSA) is 50.2 Å². The number of amides is 1. The molecule has 25 heavy (non-hydrogen) atoms. The lowest BCUT2D eigenvalue weighted by molar-refractivity contribution is 0.0911. The number of hydrogen-bond donors (Lipinski definition) is 1. The SMILES string of the molecule is C[C@H]1CCCN(C[C@@H](C)NC(=O)c2cccn2Cc2ccncc2)C1. The Balaban J connectivity index is 1.57. The average Bonchev–Trinajstić information content (AvgIpc) is 3.04. The number of piperidine rings is 1. The van der Waals surface area contributed by atoms with Crippen LogP contribution in [0.15, 0.2) is 42.9 Å². The zero-order valence-electron chi connectivity index (χ0n) is 15.2. The standard InChI is InChI=1S/C20H28N4O/c1-16-5-3-11-23(13-16)14-17(2)22-20(25)19-6-4-12-24(19)15-18-7-9-21-10-8-18/h4,6-10,12,16-17H,3,5,11,13-15H2,1-2H3,(H,22,25)/t16-,17+/m0/s1. The van der Waals surface area contributed by atoms with Crippen LogP contribution in [0, 0.1) is 5.92 Å². The third kappa shape index (κ3) is 4.92. The van der Waals surface area contributed by atoms with Crippen LogP contribution in [-0.4, -0.2) is 46.0 Å². The summed E-state index contributed by atoms with van der Waals surface area (Å²) < 4.78 is 1.99. The maximum atomic E-state index is 12.7.